The van der Waals surface area contributed by atoms with E-state index in [0.717, 1.165) is 69.5 Å². The van der Waals surface area contributed by atoms with Gasteiger partial charge in [0.15, 0.2) is 0 Å². The van der Waals surface area contributed by atoms with Crippen molar-refractivity contribution in [2.75, 3.05) is 0 Å². The van der Waals surface area contributed by atoms with E-state index in [9.17, 15) is 0 Å². The normalized spacial score (nSPS) is 11.0. The lowest BCUT2D eigenvalue weighted by atomic mass is 9.93. The van der Waals surface area contributed by atoms with E-state index in [1.807, 2.05) is 42.5 Å². The van der Waals surface area contributed by atoms with Crippen molar-refractivity contribution >= 4 is 127 Å². The molecule has 0 radical (unpaired) electrons. The molecule has 4 rings (SSSR count). The second-order valence-corrected chi connectivity index (χ2v) is 13.3. The molecule has 4 aromatic rings. The molecule has 0 saturated heterocycles. The number of rotatable bonds is 4. The summed E-state index contributed by atoms with van der Waals surface area (Å²) in [7, 11) is 0. The molecule has 168 valence electrons. The van der Waals surface area contributed by atoms with Gasteiger partial charge in [0, 0.05) is 46.9 Å². The lowest BCUT2D eigenvalue weighted by Gasteiger charge is -2.20. The molecule has 0 aliphatic carbocycles. The van der Waals surface area contributed by atoms with Crippen LogP contribution in [-0.2, 0) is 0 Å². The van der Waals surface area contributed by atoms with Crippen LogP contribution >= 0.6 is 127 Å². The molecule has 0 heterocycles. The monoisotopic (exact) mass is 945 g/mol. The maximum atomic E-state index is 6.40. The molecule has 0 aromatic heterocycles. The van der Waals surface area contributed by atoms with Gasteiger partial charge in [0.2, 0.25) is 0 Å². The molecule has 0 bridgehead atoms. The van der Waals surface area contributed by atoms with Gasteiger partial charge >= 0.3 is 0 Å². The van der Waals surface area contributed by atoms with Crippen molar-refractivity contribution in [1.29, 1.82) is 0 Å². The summed E-state index contributed by atoms with van der Waals surface area (Å²) >= 11 is 29.6. The number of para-hydroxylation sites is 1. The Bertz CT molecular complexity index is 1370. The van der Waals surface area contributed by atoms with Crippen LogP contribution in [0, 0.1) is 0 Å². The first-order valence-electron chi connectivity index (χ1n) is 9.23. The number of ether oxygens (including phenoxy) is 1. The van der Waals surface area contributed by atoms with E-state index >= 15 is 0 Å². The third kappa shape index (κ3) is 5.45. The molecule has 0 saturated carbocycles. The third-order valence-corrected chi connectivity index (χ3v) is 14.1. The van der Waals surface area contributed by atoms with Gasteiger partial charge in [-0.25, -0.2) is 0 Å². The zero-order valence-electron chi connectivity index (χ0n) is 16.2. The fourth-order valence-electron chi connectivity index (χ4n) is 3.26. The van der Waals surface area contributed by atoms with Crippen molar-refractivity contribution in [2.24, 2.45) is 0 Å². The van der Waals surface area contributed by atoms with E-state index in [4.69, 9.17) is 4.74 Å². The second kappa shape index (κ2) is 11.3. The fourth-order valence-corrected chi connectivity index (χ4v) is 7.69. The van der Waals surface area contributed by atoms with Gasteiger partial charge < -0.3 is 4.74 Å². The Balaban J connectivity index is 2.07. The average Bonchev–Trinajstić information content (AvgIpc) is 2.82. The molecule has 0 N–H and O–H groups in total. The third-order valence-electron chi connectivity index (χ3n) is 4.76. The highest BCUT2D eigenvalue weighted by atomic mass is 79.9. The molecule has 1 nitrogen and oxygen atoms in total. The molecule has 0 spiro atoms. The van der Waals surface area contributed by atoms with Crippen LogP contribution in [0.5, 0.6) is 11.5 Å². The Morgan fingerprint density at radius 2 is 1.00 bits per heavy atom. The summed E-state index contributed by atoms with van der Waals surface area (Å²) in [6.45, 7) is 0. The molecule has 0 amide bonds. The number of hydrogen-bond donors (Lipinski definition) is 0. The maximum Gasteiger partial charge on any atom is 0.135 e. The quantitative estimate of drug-likeness (QED) is 0.146. The Kier molecular flexibility index (Phi) is 9.08. The van der Waals surface area contributed by atoms with Gasteiger partial charge in [-0.15, -0.1) is 0 Å². The molecule has 4 aromatic carbocycles. The highest BCUT2D eigenvalue weighted by molar-refractivity contribution is 9.15. The van der Waals surface area contributed by atoms with Gasteiger partial charge in [0.05, 0.1) is 0 Å². The lowest BCUT2D eigenvalue weighted by Crippen LogP contribution is -1.95. The molecule has 0 aliphatic rings. The van der Waals surface area contributed by atoms with Crippen LogP contribution in [0.3, 0.4) is 0 Å². The molecule has 0 unspecified atom stereocenters. The summed E-state index contributed by atoms with van der Waals surface area (Å²) in [6.07, 6.45) is 0. The van der Waals surface area contributed by atoms with Crippen LogP contribution in [-0.4, -0.2) is 0 Å². The van der Waals surface area contributed by atoms with Gasteiger partial charge in [-0.1, -0.05) is 30.3 Å². The Hall–Kier alpha value is 0.520. The first kappa shape index (κ1) is 26.6. The van der Waals surface area contributed by atoms with Crippen molar-refractivity contribution in [3.8, 4) is 33.8 Å². The van der Waals surface area contributed by atoms with Gasteiger partial charge in [-0.3, -0.25) is 0 Å². The minimum absolute atomic E-state index is 0.739. The highest BCUT2D eigenvalue weighted by Crippen LogP contribution is 2.51. The lowest BCUT2D eigenvalue weighted by molar-refractivity contribution is 0.484. The second-order valence-electron chi connectivity index (χ2n) is 6.79. The first-order chi connectivity index (χ1) is 15.7. The molecular weight excluding hydrogens is 943 g/mol. The number of halogens is 8. The topological polar surface area (TPSA) is 9.23 Å². The largest absolute Gasteiger partial charge is 0.457 e. The molecule has 9 heteroatoms. The van der Waals surface area contributed by atoms with Crippen LogP contribution in [0.1, 0.15) is 0 Å². The average molecular weight is 954 g/mol. The first-order valence-corrected chi connectivity index (χ1v) is 15.6. The summed E-state index contributed by atoms with van der Waals surface area (Å²) in [5.74, 6) is 1.50. The summed E-state index contributed by atoms with van der Waals surface area (Å²) in [4.78, 5) is 0. The predicted octanol–water partition coefficient (Wildman–Crippen LogP) is 12.9. The van der Waals surface area contributed by atoms with E-state index < -0.39 is 0 Å². The van der Waals surface area contributed by atoms with E-state index in [-0.39, 0.29) is 0 Å². The van der Waals surface area contributed by atoms with E-state index in [1.54, 1.807) is 0 Å². The van der Waals surface area contributed by atoms with Gasteiger partial charge in [-0.2, -0.15) is 0 Å². The zero-order chi connectivity index (χ0) is 23.9. The minimum Gasteiger partial charge on any atom is -0.457 e. The summed E-state index contributed by atoms with van der Waals surface area (Å²) in [5.41, 5.74) is 3.93. The zero-order valence-corrected chi connectivity index (χ0v) is 28.9. The van der Waals surface area contributed by atoms with Gasteiger partial charge in [0.25, 0.3) is 0 Å². The van der Waals surface area contributed by atoms with E-state index in [2.05, 4.69) is 146 Å². The molecule has 33 heavy (non-hydrogen) atoms. The van der Waals surface area contributed by atoms with Crippen LogP contribution in [0.4, 0.5) is 0 Å². The van der Waals surface area contributed by atoms with Gasteiger partial charge in [-0.05, 0) is 169 Å². The maximum absolute atomic E-state index is 6.40. The molecule has 0 aliphatic heterocycles. The molecular formula is C24H10Br8O. The van der Waals surface area contributed by atoms with Crippen LogP contribution in [0.2, 0.25) is 0 Å². The van der Waals surface area contributed by atoms with Crippen molar-refractivity contribution in [1.82, 2.24) is 0 Å². The van der Waals surface area contributed by atoms with E-state index in [1.165, 1.54) is 0 Å². The van der Waals surface area contributed by atoms with Crippen LogP contribution in [0.25, 0.3) is 22.3 Å². The number of hydrogen-bond acceptors (Lipinski definition) is 1. The Morgan fingerprint density at radius 1 is 0.455 bits per heavy atom. The summed E-state index contributed by atoms with van der Waals surface area (Å²) in [5, 5.41) is 0. The fraction of sp³-hybridized carbons (Fsp3) is 0. The minimum atomic E-state index is 0.739. The highest BCUT2D eigenvalue weighted by Gasteiger charge is 2.23. The summed E-state index contributed by atoms with van der Waals surface area (Å²) < 4.78 is 13.8. The van der Waals surface area contributed by atoms with Crippen molar-refractivity contribution in [3.05, 3.63) is 96.4 Å². The van der Waals surface area contributed by atoms with Crippen molar-refractivity contribution in [2.45, 2.75) is 0 Å². The van der Waals surface area contributed by atoms with Crippen LogP contribution < -0.4 is 4.74 Å². The Labute approximate surface area is 259 Å². The summed E-state index contributed by atoms with van der Waals surface area (Å²) in [6, 6.07) is 20.0. The van der Waals surface area contributed by atoms with Crippen molar-refractivity contribution in [3.63, 3.8) is 0 Å². The van der Waals surface area contributed by atoms with Crippen molar-refractivity contribution < 1.29 is 4.74 Å². The molecule has 0 atom stereocenters. The number of benzene rings is 4. The SMILES string of the molecule is Brc1cc(-c2cccc(Oc3ccccc3)c2-c2cc(Br)c(Br)c(Br)c2Br)c(Br)c(Br)c1Br. The predicted molar refractivity (Wildman–Crippen MR) is 165 cm³/mol. The smallest absolute Gasteiger partial charge is 0.135 e. The van der Waals surface area contributed by atoms with Crippen LogP contribution in [0.15, 0.2) is 96.4 Å². The van der Waals surface area contributed by atoms with E-state index in [0.29, 0.717) is 0 Å². The van der Waals surface area contributed by atoms with Gasteiger partial charge in [0.1, 0.15) is 11.5 Å². The Morgan fingerprint density at radius 3 is 1.61 bits per heavy atom. The standard InChI is InChI=1S/C24H10Br8O/c25-15-9-13(19(27)23(31)21(15)29)12-7-4-8-17(33-11-5-2-1-3-6-11)18(12)14-10-16(26)22(30)24(32)20(14)28/h1-10H. The molecule has 0 fully saturated rings.